The fourth-order valence-corrected chi connectivity index (χ4v) is 18.6. The van der Waals surface area contributed by atoms with Gasteiger partial charge in [-0.2, -0.15) is 26.3 Å². The number of halogens is 16. The third kappa shape index (κ3) is 39.4. The van der Waals surface area contributed by atoms with Crippen LogP contribution in [-0.4, -0.2) is 306 Å². The molecule has 2 aliphatic carbocycles. The van der Waals surface area contributed by atoms with Crippen LogP contribution in [0.15, 0.2) is 97.1 Å². The lowest BCUT2D eigenvalue weighted by Crippen LogP contribution is -2.55. The van der Waals surface area contributed by atoms with E-state index in [1.54, 1.807) is 39.9 Å². The van der Waals surface area contributed by atoms with Crippen molar-refractivity contribution in [2.24, 2.45) is 40.4 Å². The van der Waals surface area contributed by atoms with Gasteiger partial charge in [-0.15, -0.1) is 13.2 Å². The average molecular weight is 2170 g/mol. The lowest BCUT2D eigenvalue weighted by molar-refractivity contribution is -0.274. The summed E-state index contributed by atoms with van der Waals surface area (Å²) in [5, 5.41) is 20.4. The van der Waals surface area contributed by atoms with Crippen LogP contribution in [0.1, 0.15) is 217 Å². The van der Waals surface area contributed by atoms with E-state index < -0.39 is 70.5 Å². The van der Waals surface area contributed by atoms with Gasteiger partial charge >= 0.3 is 18.7 Å². The molecule has 43 heteroatoms. The SMILES string of the molecule is CN(C(=O)CN1CCC(CNC(=O)c2cc(Cl)cc(Cl)c2)CC1)C(C)(C)C.CN(C(=O)CN1CCC(CNC(=O)c2cc(F)cc(Cl)c2)CC1)C(C)(C)C.CN(C(=O)CN1CCC(CNC(=O)c2cccc(OC(F)(F)F)c2)CC1)C(C)(C)C.COc1cc(F)cc(C(=O)NCC2CCN(CCNC(=O)C3(C(F)(F)F)CCC3)CC2)c1.O=C(NCC1CCN(CCNC(=O)C2(C(F)(F)F)CCC2)CC1)c1cc(F)cc(Cl)c1. The molecule has 0 bridgehead atoms. The van der Waals surface area contributed by atoms with Crippen LogP contribution in [-0.2, 0) is 24.0 Å². The maximum Gasteiger partial charge on any atom is 0.573 e. The van der Waals surface area contributed by atoms with E-state index in [9.17, 15) is 101 Å². The minimum absolute atomic E-state index is 0.0789. The molecule has 12 rings (SSSR count). The largest absolute Gasteiger partial charge is 0.573 e. The number of piperidine rings is 5. The Hall–Kier alpha value is -9.48. The number of hydrogen-bond donors (Lipinski definition) is 7. The van der Waals surface area contributed by atoms with Crippen molar-refractivity contribution in [1.82, 2.24) is 76.4 Å². The van der Waals surface area contributed by atoms with Crippen molar-refractivity contribution in [1.29, 1.82) is 0 Å². The summed E-state index contributed by atoms with van der Waals surface area (Å²) in [5.74, 6) is -3.43. The van der Waals surface area contributed by atoms with E-state index in [1.165, 1.54) is 55.6 Å². The number of ether oxygens (including phenoxy) is 2. The van der Waals surface area contributed by atoms with Crippen molar-refractivity contribution >= 4 is 105 Å². The number of amides is 10. The van der Waals surface area contributed by atoms with Gasteiger partial charge in [0.25, 0.3) is 29.5 Å². The zero-order chi connectivity index (χ0) is 109. The first-order chi connectivity index (χ1) is 68.7. The summed E-state index contributed by atoms with van der Waals surface area (Å²) in [6.45, 7) is 31.1. The fraction of sp³-hybridized carbons (Fsp3) is 0.615. The normalized spacial score (nSPS) is 17.6. The average Bonchev–Trinajstić information content (AvgIpc) is 0.756. The minimum Gasteiger partial charge on any atom is -0.497 e. The number of rotatable bonds is 31. The van der Waals surface area contributed by atoms with E-state index in [0.29, 0.717) is 106 Å². The molecule has 7 aliphatic rings. The molecule has 0 unspecified atom stereocenters. The molecule has 0 aromatic heterocycles. The van der Waals surface area contributed by atoms with Crippen molar-refractivity contribution in [2.45, 2.75) is 200 Å². The molecule has 7 N–H and O–H groups in total. The van der Waals surface area contributed by atoms with Crippen molar-refractivity contribution in [3.63, 3.8) is 0 Å². The zero-order valence-corrected chi connectivity index (χ0v) is 89.0. The second-order valence-corrected chi connectivity index (χ2v) is 43.7. The monoisotopic (exact) mass is 2160 g/mol. The summed E-state index contributed by atoms with van der Waals surface area (Å²) in [7, 11) is 6.90. The Morgan fingerprint density at radius 1 is 0.347 bits per heavy atom. The van der Waals surface area contributed by atoms with Gasteiger partial charge in [0, 0.05) is 151 Å². The fourth-order valence-electron chi connectivity index (χ4n) is 17.6. The van der Waals surface area contributed by atoms with Crippen LogP contribution in [0.5, 0.6) is 11.5 Å². The molecule has 2 saturated carbocycles. The number of methoxy groups -OCH3 is 1. The molecular weight excluding hydrogens is 2020 g/mol. The first kappa shape index (κ1) is 123. The van der Waals surface area contributed by atoms with Gasteiger partial charge in [-0.05, 0) is 332 Å². The maximum atomic E-state index is 13.6. The molecule has 0 radical (unpaired) electrons. The Morgan fingerprint density at radius 3 is 0.864 bits per heavy atom. The van der Waals surface area contributed by atoms with Crippen molar-refractivity contribution < 1.29 is 110 Å². The van der Waals surface area contributed by atoms with Gasteiger partial charge in [-0.25, -0.2) is 13.2 Å². The number of benzene rings is 5. The van der Waals surface area contributed by atoms with Crippen LogP contribution in [0.4, 0.5) is 52.7 Å². The smallest absolute Gasteiger partial charge is 0.497 e. The number of hydrogen-bond acceptors (Lipinski definition) is 17. The third-order valence-electron chi connectivity index (χ3n) is 28.4. The van der Waals surface area contributed by atoms with Crippen molar-refractivity contribution in [3.05, 3.63) is 162 Å². The molecule has 5 aromatic rings. The molecule has 5 saturated heterocycles. The van der Waals surface area contributed by atoms with Crippen molar-refractivity contribution in [3.8, 4) is 11.5 Å². The zero-order valence-electron chi connectivity index (χ0n) is 86.0. The first-order valence-corrected chi connectivity index (χ1v) is 51.3. The van der Waals surface area contributed by atoms with E-state index in [-0.39, 0.29) is 153 Å². The Kier molecular flexibility index (Phi) is 46.3. The van der Waals surface area contributed by atoms with Gasteiger partial charge in [-0.1, -0.05) is 65.3 Å². The molecular formula is C104H143Cl4F12N15O12. The molecule has 147 heavy (non-hydrogen) atoms. The Labute approximate surface area is 874 Å². The number of nitrogens with one attached hydrogen (secondary N) is 7. The molecule has 10 amide bonds. The molecule has 5 heterocycles. The van der Waals surface area contributed by atoms with E-state index in [4.69, 9.17) is 51.1 Å². The lowest BCUT2D eigenvalue weighted by Gasteiger charge is -2.41. The molecule has 818 valence electrons. The second kappa shape index (κ2) is 55.5. The highest BCUT2D eigenvalue weighted by atomic mass is 35.5. The van der Waals surface area contributed by atoms with Crippen LogP contribution in [0.25, 0.3) is 0 Å². The Balaban J connectivity index is 0.000000224. The Morgan fingerprint density at radius 2 is 0.605 bits per heavy atom. The first-order valence-electron chi connectivity index (χ1n) is 49.8. The van der Waals surface area contributed by atoms with Gasteiger partial charge in [0.15, 0.2) is 0 Å². The van der Waals surface area contributed by atoms with Crippen LogP contribution in [0, 0.1) is 57.9 Å². The van der Waals surface area contributed by atoms with Gasteiger partial charge in [0.05, 0.1) is 26.7 Å². The number of carbonyl (C=O) groups is 10. The summed E-state index contributed by atoms with van der Waals surface area (Å²) in [6, 6.07) is 21.2. The van der Waals surface area contributed by atoms with Crippen LogP contribution >= 0.6 is 46.4 Å². The summed E-state index contributed by atoms with van der Waals surface area (Å²) in [4.78, 5) is 138. The summed E-state index contributed by atoms with van der Waals surface area (Å²) >= 11 is 23.5. The van der Waals surface area contributed by atoms with E-state index in [2.05, 4.69) is 66.5 Å². The maximum absolute atomic E-state index is 13.6. The van der Waals surface area contributed by atoms with Crippen LogP contribution in [0.2, 0.25) is 20.1 Å². The standard InChI is InChI=1S/C22H29F4N3O3.C21H26ClF4N3O2.C21H30F3N3O3.C20H29Cl2N3O2.C20H29ClFN3O2/c1-32-18-12-16(11-17(23)13-18)19(30)28-14-15-3-8-29(9-4-15)10-7-27-20(31)21(5-2-6-21)22(24,25)26;22-16-10-15(11-17(23)12-16)18(30)28-13-14-2-7-29(8-3-14)9-6-27-19(31)20(4-1-5-20)21(24,25)26;1-20(2,3)26(4)18(28)14-27-10-8-15(9-11-27)13-25-19(29)16-6-5-7-17(12-16)30-21(22,23)24;2*1-20(2,3)24(4)18(26)13-25-7-5-14(6-8-25)12-23-19(27)15-9-16(21)11-17(22)10-15/h11-13,15H,2-10,14H2,1H3,(H,27,31)(H,28,30);10-12,14H,1-9,13H2,(H,27,31)(H,28,30);5-7,12,15H,8-11,13-14H2,1-4H3,(H,25,29);2*9-11,14H,5-8,12-13H2,1-4H3,(H,23,27). The van der Waals surface area contributed by atoms with Crippen LogP contribution in [0.3, 0.4) is 0 Å². The molecule has 5 aliphatic heterocycles. The predicted octanol–water partition coefficient (Wildman–Crippen LogP) is 17.0. The lowest BCUT2D eigenvalue weighted by atomic mass is 9.67. The number of nitrogens with zero attached hydrogens (tertiary/aromatic N) is 8. The van der Waals surface area contributed by atoms with Gasteiger partial charge in [0.2, 0.25) is 29.5 Å². The summed E-state index contributed by atoms with van der Waals surface area (Å²) in [6.07, 6.45) is -4.85. The number of carbonyl (C=O) groups excluding carboxylic acids is 10. The highest BCUT2D eigenvalue weighted by Crippen LogP contribution is 2.54. The highest BCUT2D eigenvalue weighted by molar-refractivity contribution is 6.35. The molecule has 5 aromatic carbocycles. The van der Waals surface area contributed by atoms with E-state index in [1.807, 2.05) is 76.4 Å². The molecule has 0 atom stereocenters. The predicted molar refractivity (Wildman–Crippen MR) is 541 cm³/mol. The van der Waals surface area contributed by atoms with E-state index in [0.717, 1.165) is 160 Å². The minimum atomic E-state index is -4.80. The highest BCUT2D eigenvalue weighted by Gasteiger charge is 2.64. The van der Waals surface area contributed by atoms with E-state index >= 15 is 0 Å². The van der Waals surface area contributed by atoms with Crippen LogP contribution < -0.4 is 46.7 Å². The van der Waals surface area contributed by atoms with Crippen molar-refractivity contribution in [2.75, 3.05) is 172 Å². The Bertz CT molecular complexity index is 5020. The van der Waals surface area contributed by atoms with Gasteiger partial charge < -0.3 is 71.2 Å². The van der Waals surface area contributed by atoms with Gasteiger partial charge in [0.1, 0.15) is 39.8 Å². The quantitative estimate of drug-likeness (QED) is 0.0203. The number of likely N-dealkylation sites (N-methyl/N-ethyl adjacent to an activating group) is 3. The third-order valence-corrected chi connectivity index (χ3v) is 29.3. The summed E-state index contributed by atoms with van der Waals surface area (Å²) in [5.41, 5.74) is -3.79. The molecule has 7 fully saturated rings. The molecule has 27 nitrogen and oxygen atoms in total. The number of alkyl halides is 9. The topological polar surface area (TPSA) is 299 Å². The number of likely N-dealkylation sites (tertiary alicyclic amines) is 5. The molecule has 0 spiro atoms. The second-order valence-electron chi connectivity index (χ2n) is 42.0. The summed E-state index contributed by atoms with van der Waals surface area (Å²) < 4.78 is 165. The van der Waals surface area contributed by atoms with Gasteiger partial charge in [-0.3, -0.25) is 62.6 Å².